The molecule has 1 aliphatic heterocycles. The summed E-state index contributed by atoms with van der Waals surface area (Å²) in [6.07, 6.45) is 3.46. The molecule has 0 saturated heterocycles. The summed E-state index contributed by atoms with van der Waals surface area (Å²) < 4.78 is 16.6. The maximum Gasteiger partial charge on any atom is 0.257 e. The Morgan fingerprint density at radius 2 is 1.94 bits per heavy atom. The van der Waals surface area contributed by atoms with Gasteiger partial charge in [0.2, 0.25) is 0 Å². The lowest BCUT2D eigenvalue weighted by atomic mass is 9.91. The molecule has 2 aromatic heterocycles. The van der Waals surface area contributed by atoms with E-state index < -0.39 is 5.60 Å². The molecule has 6 nitrogen and oxygen atoms in total. The normalized spacial score (nSPS) is 14.4. The molecule has 1 N–H and O–H groups in total. The van der Waals surface area contributed by atoms with Gasteiger partial charge in [0.1, 0.15) is 17.5 Å². The third-order valence-corrected chi connectivity index (χ3v) is 6.07. The number of hydrogen-bond donors (Lipinski definition) is 1. The zero-order chi connectivity index (χ0) is 21.8. The second-order valence-electron chi connectivity index (χ2n) is 8.94. The van der Waals surface area contributed by atoms with E-state index in [1.807, 2.05) is 19.9 Å². The van der Waals surface area contributed by atoms with Crippen molar-refractivity contribution in [2.45, 2.75) is 52.1 Å². The second kappa shape index (κ2) is 7.27. The first-order chi connectivity index (χ1) is 14.8. The van der Waals surface area contributed by atoms with E-state index in [1.165, 1.54) is 17.2 Å². The van der Waals surface area contributed by atoms with Gasteiger partial charge in [-0.25, -0.2) is 4.39 Å². The van der Waals surface area contributed by atoms with Gasteiger partial charge in [0.25, 0.3) is 5.78 Å². The molecular weight excluding hydrogens is 393 g/mol. The quantitative estimate of drug-likeness (QED) is 0.527. The summed E-state index contributed by atoms with van der Waals surface area (Å²) in [7, 11) is 0. The molecule has 1 aliphatic rings. The molecule has 2 aromatic carbocycles. The first kappa shape index (κ1) is 19.9. The highest BCUT2D eigenvalue weighted by atomic mass is 19.1. The fourth-order valence-electron chi connectivity index (χ4n) is 4.56. The Labute approximate surface area is 180 Å². The van der Waals surface area contributed by atoms with Crippen LogP contribution in [0.15, 0.2) is 36.4 Å². The number of halogens is 1. The SMILES string of the molecule is Cc1nnc2nc(N3CCCc4c(CCC(C)(C)O)cccc43)c3cccc(F)c3n12. The predicted octanol–water partition coefficient (Wildman–Crippen LogP) is 4.51. The van der Waals surface area contributed by atoms with E-state index in [9.17, 15) is 9.50 Å². The van der Waals surface area contributed by atoms with Crippen LogP contribution in [0.4, 0.5) is 15.9 Å². The third kappa shape index (κ3) is 3.43. The molecule has 0 spiro atoms. The molecule has 0 aliphatic carbocycles. The molecule has 31 heavy (non-hydrogen) atoms. The van der Waals surface area contributed by atoms with Crippen molar-refractivity contribution in [2.75, 3.05) is 11.4 Å². The molecule has 160 valence electrons. The van der Waals surface area contributed by atoms with Crippen LogP contribution in [-0.4, -0.2) is 36.8 Å². The van der Waals surface area contributed by atoms with Crippen LogP contribution >= 0.6 is 0 Å². The Kier molecular flexibility index (Phi) is 4.66. The minimum absolute atomic E-state index is 0.315. The molecule has 0 bridgehead atoms. The summed E-state index contributed by atoms with van der Waals surface area (Å²) >= 11 is 0. The van der Waals surface area contributed by atoms with Crippen molar-refractivity contribution < 1.29 is 9.50 Å². The second-order valence-corrected chi connectivity index (χ2v) is 8.94. The van der Waals surface area contributed by atoms with Crippen molar-refractivity contribution >= 4 is 28.2 Å². The Hall–Kier alpha value is -3.06. The number of para-hydroxylation sites is 1. The lowest BCUT2D eigenvalue weighted by Gasteiger charge is -2.33. The highest BCUT2D eigenvalue weighted by Crippen LogP contribution is 2.38. The predicted molar refractivity (Wildman–Crippen MR) is 119 cm³/mol. The number of hydrogen-bond acceptors (Lipinski definition) is 5. The molecule has 0 radical (unpaired) electrons. The van der Waals surface area contributed by atoms with Crippen LogP contribution in [0.3, 0.4) is 0 Å². The van der Waals surface area contributed by atoms with E-state index in [1.54, 1.807) is 17.4 Å². The van der Waals surface area contributed by atoms with Crippen molar-refractivity contribution in [1.29, 1.82) is 0 Å². The molecule has 3 heterocycles. The fraction of sp³-hybridized carbons (Fsp3) is 0.375. The van der Waals surface area contributed by atoms with E-state index in [2.05, 4.69) is 33.3 Å². The van der Waals surface area contributed by atoms with Gasteiger partial charge in [0.05, 0.1) is 11.1 Å². The number of fused-ring (bicyclic) bond motifs is 4. The number of benzene rings is 2. The van der Waals surface area contributed by atoms with E-state index in [4.69, 9.17) is 4.98 Å². The Morgan fingerprint density at radius 3 is 2.74 bits per heavy atom. The van der Waals surface area contributed by atoms with Gasteiger partial charge >= 0.3 is 0 Å². The van der Waals surface area contributed by atoms with Crippen LogP contribution in [-0.2, 0) is 12.8 Å². The Morgan fingerprint density at radius 1 is 1.13 bits per heavy atom. The Balaban J connectivity index is 1.68. The fourth-order valence-corrected chi connectivity index (χ4v) is 4.56. The third-order valence-electron chi connectivity index (χ3n) is 6.07. The topological polar surface area (TPSA) is 66.5 Å². The van der Waals surface area contributed by atoms with Crippen molar-refractivity contribution in [1.82, 2.24) is 19.6 Å². The maximum atomic E-state index is 14.9. The van der Waals surface area contributed by atoms with Crippen molar-refractivity contribution in [3.05, 3.63) is 59.2 Å². The van der Waals surface area contributed by atoms with Gasteiger partial charge in [0.15, 0.2) is 0 Å². The average molecular weight is 420 g/mol. The van der Waals surface area contributed by atoms with E-state index in [0.29, 0.717) is 29.4 Å². The molecule has 0 amide bonds. The van der Waals surface area contributed by atoms with Gasteiger partial charge in [-0.3, -0.25) is 4.40 Å². The molecule has 4 aromatic rings. The molecule has 5 rings (SSSR count). The summed E-state index contributed by atoms with van der Waals surface area (Å²) in [5, 5.41) is 19.2. The van der Waals surface area contributed by atoms with Crippen molar-refractivity contribution in [3.8, 4) is 0 Å². The summed E-state index contributed by atoms with van der Waals surface area (Å²) in [5.74, 6) is 1.40. The van der Waals surface area contributed by atoms with Crippen LogP contribution < -0.4 is 4.90 Å². The molecule has 7 heteroatoms. The van der Waals surface area contributed by atoms with Crippen LogP contribution in [0.2, 0.25) is 0 Å². The zero-order valence-corrected chi connectivity index (χ0v) is 18.1. The van der Waals surface area contributed by atoms with E-state index in [-0.39, 0.29) is 5.82 Å². The van der Waals surface area contributed by atoms with Crippen LogP contribution in [0.1, 0.15) is 43.6 Å². The summed E-state index contributed by atoms with van der Waals surface area (Å²) in [6.45, 7) is 6.28. The number of anilines is 2. The highest BCUT2D eigenvalue weighted by molar-refractivity contribution is 5.94. The highest BCUT2D eigenvalue weighted by Gasteiger charge is 2.26. The standard InChI is InChI=1S/C24H26FN5O/c1-15-27-28-23-26-22(18-8-5-10-19(25)21(18)30(15)23)29-14-6-9-17-16(7-4-11-20(17)29)12-13-24(2,3)31/h4-5,7-8,10-11,31H,6,9,12-14H2,1-3H3. The molecule has 0 saturated carbocycles. The first-order valence-corrected chi connectivity index (χ1v) is 10.7. The number of nitrogens with zero attached hydrogens (tertiary/aromatic N) is 5. The summed E-state index contributed by atoms with van der Waals surface area (Å²) in [5.41, 5.74) is 3.37. The number of aromatic nitrogens is 4. The summed E-state index contributed by atoms with van der Waals surface area (Å²) in [4.78, 5) is 6.99. The van der Waals surface area contributed by atoms with Crippen LogP contribution in [0.5, 0.6) is 0 Å². The minimum atomic E-state index is -0.705. The zero-order valence-electron chi connectivity index (χ0n) is 18.1. The largest absolute Gasteiger partial charge is 0.390 e. The van der Waals surface area contributed by atoms with Crippen LogP contribution in [0.25, 0.3) is 16.7 Å². The van der Waals surface area contributed by atoms with Crippen molar-refractivity contribution in [3.63, 3.8) is 0 Å². The first-order valence-electron chi connectivity index (χ1n) is 10.7. The molecule has 0 atom stereocenters. The van der Waals surface area contributed by atoms with Gasteiger partial charge in [-0.05, 0) is 75.8 Å². The average Bonchev–Trinajstić information content (AvgIpc) is 3.11. The van der Waals surface area contributed by atoms with Crippen LogP contribution in [0, 0.1) is 12.7 Å². The monoisotopic (exact) mass is 419 g/mol. The molecule has 0 fully saturated rings. The lowest BCUT2D eigenvalue weighted by Crippen LogP contribution is -2.27. The van der Waals surface area contributed by atoms with Gasteiger partial charge < -0.3 is 10.0 Å². The van der Waals surface area contributed by atoms with Gasteiger partial charge in [-0.15, -0.1) is 10.2 Å². The summed E-state index contributed by atoms with van der Waals surface area (Å²) in [6, 6.07) is 11.4. The van der Waals surface area contributed by atoms with Gasteiger partial charge in [-0.1, -0.05) is 18.2 Å². The number of rotatable bonds is 4. The van der Waals surface area contributed by atoms with Crippen molar-refractivity contribution in [2.24, 2.45) is 0 Å². The lowest BCUT2D eigenvalue weighted by molar-refractivity contribution is 0.0713. The maximum absolute atomic E-state index is 14.9. The minimum Gasteiger partial charge on any atom is -0.390 e. The number of aryl methyl sites for hydroxylation is 2. The number of aliphatic hydroxyl groups is 1. The van der Waals surface area contributed by atoms with E-state index >= 15 is 0 Å². The molecular formula is C24H26FN5O. The van der Waals surface area contributed by atoms with Gasteiger partial charge in [0, 0.05) is 17.6 Å². The Bertz CT molecular complexity index is 1290. The smallest absolute Gasteiger partial charge is 0.257 e. The van der Waals surface area contributed by atoms with E-state index in [0.717, 1.165) is 36.9 Å². The van der Waals surface area contributed by atoms with Gasteiger partial charge in [-0.2, -0.15) is 4.98 Å². The molecule has 0 unspecified atom stereocenters.